The van der Waals surface area contributed by atoms with Crippen LogP contribution in [0.5, 0.6) is 5.75 Å². The average molecular weight is 599 g/mol. The molecule has 0 saturated heterocycles. The van der Waals surface area contributed by atoms with Crippen LogP contribution in [-0.2, 0) is 20.7 Å². The molecule has 7 nitrogen and oxygen atoms in total. The van der Waals surface area contributed by atoms with Crippen molar-refractivity contribution in [3.05, 3.63) is 125 Å². The minimum atomic E-state index is -0.712. The summed E-state index contributed by atoms with van der Waals surface area (Å²) in [4.78, 5) is 40.1. The molecule has 0 bridgehead atoms. The van der Waals surface area contributed by atoms with Gasteiger partial charge in [-0.2, -0.15) is 0 Å². The number of ketones is 1. The number of rotatable bonds is 14. The minimum absolute atomic E-state index is 0.0347. The van der Waals surface area contributed by atoms with Crippen LogP contribution >= 0.6 is 11.6 Å². The summed E-state index contributed by atoms with van der Waals surface area (Å²) in [5.41, 5.74) is 3.30. The summed E-state index contributed by atoms with van der Waals surface area (Å²) in [6.07, 6.45) is 1.39. The number of carbonyl (C=O) groups excluding carboxylic acids is 3. The first-order chi connectivity index (χ1) is 20.9. The van der Waals surface area contributed by atoms with Gasteiger partial charge in [-0.25, -0.2) is 4.79 Å². The maximum Gasteiger partial charge on any atom is 0.328 e. The van der Waals surface area contributed by atoms with Gasteiger partial charge >= 0.3 is 5.97 Å². The zero-order valence-electron chi connectivity index (χ0n) is 24.3. The second-order valence-electron chi connectivity index (χ2n) is 9.89. The van der Waals surface area contributed by atoms with Crippen LogP contribution in [0, 0.1) is 0 Å². The fraction of sp³-hybridized carbons (Fsp3) is 0.229. The van der Waals surface area contributed by atoms with Crippen LogP contribution in [0.1, 0.15) is 41.3 Å². The molecule has 1 amide bonds. The van der Waals surface area contributed by atoms with Gasteiger partial charge in [-0.3, -0.25) is 9.59 Å². The molecule has 0 unspecified atom stereocenters. The molecule has 0 fully saturated rings. The van der Waals surface area contributed by atoms with Gasteiger partial charge in [-0.15, -0.1) is 0 Å². The van der Waals surface area contributed by atoms with E-state index in [1.54, 1.807) is 47.4 Å². The van der Waals surface area contributed by atoms with E-state index in [9.17, 15) is 14.4 Å². The third-order valence-corrected chi connectivity index (χ3v) is 7.17. The first-order valence-corrected chi connectivity index (χ1v) is 14.6. The van der Waals surface area contributed by atoms with E-state index in [1.165, 1.54) is 7.11 Å². The molecule has 1 atom stereocenters. The van der Waals surface area contributed by atoms with Gasteiger partial charge in [0, 0.05) is 46.9 Å². The van der Waals surface area contributed by atoms with Crippen molar-refractivity contribution < 1.29 is 23.9 Å². The van der Waals surface area contributed by atoms with Crippen LogP contribution in [0.2, 0.25) is 5.02 Å². The van der Waals surface area contributed by atoms with E-state index in [-0.39, 0.29) is 11.7 Å². The smallest absolute Gasteiger partial charge is 0.328 e. The van der Waals surface area contributed by atoms with Crippen LogP contribution in [0.15, 0.2) is 103 Å². The van der Waals surface area contributed by atoms with Crippen LogP contribution in [0.3, 0.4) is 0 Å². The highest BCUT2D eigenvalue weighted by molar-refractivity contribution is 6.30. The summed E-state index contributed by atoms with van der Waals surface area (Å²) in [7, 11) is 1.34. The van der Waals surface area contributed by atoms with Crippen LogP contribution in [-0.4, -0.2) is 44.0 Å². The Hall–Kier alpha value is -4.62. The van der Waals surface area contributed by atoms with Crippen LogP contribution in [0.25, 0.3) is 0 Å². The summed E-state index contributed by atoms with van der Waals surface area (Å²) in [6, 6.07) is 30.2. The lowest BCUT2D eigenvalue weighted by Gasteiger charge is -2.22. The highest BCUT2D eigenvalue weighted by Crippen LogP contribution is 2.23. The predicted octanol–water partition coefficient (Wildman–Crippen LogP) is 6.98. The van der Waals surface area contributed by atoms with E-state index in [0.29, 0.717) is 60.0 Å². The number of para-hydroxylation sites is 1. The second kappa shape index (κ2) is 15.6. The number of esters is 1. The van der Waals surface area contributed by atoms with Crippen molar-refractivity contribution in [2.24, 2.45) is 0 Å². The van der Waals surface area contributed by atoms with Gasteiger partial charge in [0.15, 0.2) is 5.78 Å². The van der Waals surface area contributed by atoms with Crippen molar-refractivity contribution in [1.29, 1.82) is 0 Å². The zero-order valence-corrected chi connectivity index (χ0v) is 25.1. The van der Waals surface area contributed by atoms with Crippen LogP contribution in [0.4, 0.5) is 11.4 Å². The molecule has 0 spiro atoms. The third-order valence-electron chi connectivity index (χ3n) is 6.92. The number of anilines is 2. The maximum atomic E-state index is 13.2. The summed E-state index contributed by atoms with van der Waals surface area (Å²) in [5, 5.41) is 3.85. The monoisotopic (exact) mass is 598 g/mol. The number of amides is 1. The van der Waals surface area contributed by atoms with E-state index >= 15 is 0 Å². The number of benzene rings is 4. The Balaban J connectivity index is 1.36. The van der Waals surface area contributed by atoms with Crippen molar-refractivity contribution >= 4 is 40.6 Å². The van der Waals surface area contributed by atoms with E-state index < -0.39 is 12.0 Å². The van der Waals surface area contributed by atoms with Gasteiger partial charge in [0.25, 0.3) is 0 Å². The molecule has 0 saturated carbocycles. The zero-order chi connectivity index (χ0) is 30.6. The van der Waals surface area contributed by atoms with Crippen molar-refractivity contribution in [3.63, 3.8) is 0 Å². The largest absolute Gasteiger partial charge is 0.494 e. The van der Waals surface area contributed by atoms with Gasteiger partial charge in [0.1, 0.15) is 11.8 Å². The lowest BCUT2D eigenvalue weighted by atomic mass is 10.00. The van der Waals surface area contributed by atoms with E-state index in [0.717, 1.165) is 11.3 Å². The minimum Gasteiger partial charge on any atom is -0.494 e. The highest BCUT2D eigenvalue weighted by Gasteiger charge is 2.23. The van der Waals surface area contributed by atoms with Gasteiger partial charge in [0.2, 0.25) is 5.91 Å². The van der Waals surface area contributed by atoms with Crippen molar-refractivity contribution in [2.45, 2.75) is 32.2 Å². The first-order valence-electron chi connectivity index (χ1n) is 14.2. The molecule has 0 radical (unpaired) electrons. The fourth-order valence-electron chi connectivity index (χ4n) is 4.66. The highest BCUT2D eigenvalue weighted by atomic mass is 35.5. The van der Waals surface area contributed by atoms with Crippen molar-refractivity contribution in [2.75, 3.05) is 30.5 Å². The molecule has 4 aromatic carbocycles. The molecule has 0 aromatic heterocycles. The van der Waals surface area contributed by atoms with Gasteiger partial charge in [-0.1, -0.05) is 73.1 Å². The summed E-state index contributed by atoms with van der Waals surface area (Å²) < 4.78 is 11.0. The topological polar surface area (TPSA) is 84.9 Å². The summed E-state index contributed by atoms with van der Waals surface area (Å²) >= 11 is 6.00. The molecule has 0 heterocycles. The first kappa shape index (κ1) is 31.3. The molecule has 1 N–H and O–H groups in total. The number of nitrogens with zero attached hydrogens (tertiary/aromatic N) is 1. The molecule has 0 aliphatic carbocycles. The van der Waals surface area contributed by atoms with Gasteiger partial charge < -0.3 is 19.7 Å². The van der Waals surface area contributed by atoms with Crippen molar-refractivity contribution in [3.8, 4) is 5.75 Å². The van der Waals surface area contributed by atoms with E-state index in [1.807, 2.05) is 67.6 Å². The Morgan fingerprint density at radius 3 is 2.21 bits per heavy atom. The van der Waals surface area contributed by atoms with E-state index in [4.69, 9.17) is 21.1 Å². The molecular weight excluding hydrogens is 564 g/mol. The Morgan fingerprint density at radius 2 is 1.53 bits per heavy atom. The van der Waals surface area contributed by atoms with Crippen molar-refractivity contribution in [1.82, 2.24) is 0 Å². The Kier molecular flexibility index (Phi) is 11.3. The molecule has 222 valence electrons. The number of methoxy groups -OCH3 is 1. The average Bonchev–Trinajstić information content (AvgIpc) is 3.05. The Bertz CT molecular complexity index is 1510. The predicted molar refractivity (Wildman–Crippen MR) is 170 cm³/mol. The number of nitrogens with one attached hydrogen (secondary N) is 1. The van der Waals surface area contributed by atoms with Gasteiger partial charge in [-0.05, 0) is 60.5 Å². The lowest BCUT2D eigenvalue weighted by Crippen LogP contribution is -2.33. The molecule has 0 aliphatic rings. The molecular formula is C35H35ClN2O5. The SMILES string of the molecule is CCC(=O)N(CCCOc1ccc(C[C@H](Nc2ccccc2C(=O)c2ccccc2)C(=O)OC)cc1)c1ccc(Cl)cc1. The summed E-state index contributed by atoms with van der Waals surface area (Å²) in [5.74, 6) is 0.149. The molecule has 0 aliphatic heterocycles. The molecule has 43 heavy (non-hydrogen) atoms. The lowest BCUT2D eigenvalue weighted by molar-refractivity contribution is -0.141. The van der Waals surface area contributed by atoms with Crippen LogP contribution < -0.4 is 15.0 Å². The Morgan fingerprint density at radius 1 is 0.860 bits per heavy atom. The number of hydrogen-bond donors (Lipinski definition) is 1. The summed E-state index contributed by atoms with van der Waals surface area (Å²) in [6.45, 7) is 2.79. The number of halogens is 1. The third kappa shape index (κ3) is 8.69. The Labute approximate surface area is 257 Å². The fourth-order valence-corrected chi connectivity index (χ4v) is 4.78. The number of ether oxygens (including phenoxy) is 2. The second-order valence-corrected chi connectivity index (χ2v) is 10.3. The standard InChI is InChI=1S/C35H35ClN2O5/c1-3-33(39)38(28-18-16-27(36)17-19-28)22-9-23-43-29-20-14-25(15-21-29)24-32(35(41)42-2)37-31-13-8-7-12-30(31)34(40)26-10-5-4-6-11-26/h4-8,10-21,32,37H,3,9,22-24H2,1-2H3/t32-/m0/s1. The molecule has 4 aromatic rings. The number of hydrogen-bond acceptors (Lipinski definition) is 6. The normalized spacial score (nSPS) is 11.3. The van der Waals surface area contributed by atoms with E-state index in [2.05, 4.69) is 5.32 Å². The molecule has 8 heteroatoms. The maximum absolute atomic E-state index is 13.2. The molecule has 4 rings (SSSR count). The quantitative estimate of drug-likeness (QED) is 0.0957. The van der Waals surface area contributed by atoms with Gasteiger partial charge in [0.05, 0.1) is 13.7 Å². The number of carbonyl (C=O) groups is 3.